The van der Waals surface area contributed by atoms with Crippen LogP contribution in [0.4, 0.5) is 0 Å². The molecule has 2 aliphatic rings. The summed E-state index contributed by atoms with van der Waals surface area (Å²) in [4.78, 5) is 13.8. The third kappa shape index (κ3) is 8.37. The van der Waals surface area contributed by atoms with Gasteiger partial charge in [0.15, 0.2) is 0 Å². The molecular formula is C32H42NO2P. The van der Waals surface area contributed by atoms with Gasteiger partial charge in [-0.2, -0.15) is 0 Å². The number of hydrogen-bond donors (Lipinski definition) is 0. The lowest BCUT2D eigenvalue weighted by Crippen LogP contribution is -2.11. The summed E-state index contributed by atoms with van der Waals surface area (Å²) in [6.07, 6.45) is 16.8. The molecule has 36 heavy (non-hydrogen) atoms. The largest absolute Gasteiger partial charge is 0.385 e. The van der Waals surface area contributed by atoms with Gasteiger partial charge in [0.25, 0.3) is 0 Å². The molecule has 0 saturated carbocycles. The van der Waals surface area contributed by atoms with Gasteiger partial charge in [0, 0.05) is 25.2 Å². The molecule has 0 aromatic heterocycles. The molecule has 1 heterocycles. The van der Waals surface area contributed by atoms with Gasteiger partial charge in [0.1, 0.15) is 6.29 Å². The number of hydrogen-bond acceptors (Lipinski definition) is 3. The topological polar surface area (TPSA) is 29.5 Å². The summed E-state index contributed by atoms with van der Waals surface area (Å²) >= 11 is 0. The van der Waals surface area contributed by atoms with Gasteiger partial charge in [0.05, 0.1) is 0 Å². The van der Waals surface area contributed by atoms with Crippen LogP contribution < -0.4 is 5.30 Å². The molecule has 0 N–H and O–H groups in total. The fraction of sp³-hybridized carbons (Fsp3) is 0.406. The minimum Gasteiger partial charge on any atom is -0.385 e. The van der Waals surface area contributed by atoms with Crippen molar-refractivity contribution in [1.82, 2.24) is 4.90 Å². The second kappa shape index (κ2) is 15.1. The van der Waals surface area contributed by atoms with Crippen LogP contribution in [0.1, 0.15) is 78.4 Å². The molecule has 192 valence electrons. The normalized spacial score (nSPS) is 16.4. The molecule has 4 heteroatoms. The fourth-order valence-electron chi connectivity index (χ4n) is 5.01. The Balaban J connectivity index is 0.000000526. The second-order valence-corrected chi connectivity index (χ2v) is 10.5. The van der Waals surface area contributed by atoms with Gasteiger partial charge in [-0.1, -0.05) is 72.7 Å². The molecule has 2 unspecified atom stereocenters. The van der Waals surface area contributed by atoms with E-state index in [2.05, 4.69) is 76.7 Å². The average Bonchev–Trinajstić information content (AvgIpc) is 3.27. The van der Waals surface area contributed by atoms with Crippen molar-refractivity contribution in [2.75, 3.05) is 33.9 Å². The summed E-state index contributed by atoms with van der Waals surface area (Å²) in [5, 5.41) is 1.21. The van der Waals surface area contributed by atoms with Crippen molar-refractivity contribution in [2.45, 2.75) is 51.4 Å². The van der Waals surface area contributed by atoms with Crippen LogP contribution in [0.3, 0.4) is 0 Å². The molecule has 2 aromatic carbocycles. The van der Waals surface area contributed by atoms with E-state index >= 15 is 0 Å². The van der Waals surface area contributed by atoms with Crippen molar-refractivity contribution in [1.29, 1.82) is 0 Å². The Labute approximate surface area is 220 Å². The maximum atomic E-state index is 11.4. The molecule has 0 radical (unpaired) electrons. The summed E-state index contributed by atoms with van der Waals surface area (Å²) < 4.78 is 5.26. The van der Waals surface area contributed by atoms with Crippen LogP contribution in [-0.2, 0) is 4.74 Å². The number of unbranched alkanes of at least 4 members (excludes halogenated alkanes) is 1. The first-order chi connectivity index (χ1) is 17.5. The number of aldehydes is 1. The predicted molar refractivity (Wildman–Crippen MR) is 157 cm³/mol. The van der Waals surface area contributed by atoms with Crippen LogP contribution in [-0.4, -0.2) is 45.0 Å². The van der Waals surface area contributed by atoms with Crippen LogP contribution in [0.5, 0.6) is 0 Å². The molecular weight excluding hydrogens is 461 g/mol. The summed E-state index contributed by atoms with van der Waals surface area (Å²) in [6.45, 7) is 5.56. The SMILES string of the molecule is CN1CCCC1.COCCCCC(c1cccc(C=O)c1)c1cccc(P)c1C1=CCC=CC(C)=C1. The average molecular weight is 504 g/mol. The highest BCUT2D eigenvalue weighted by atomic mass is 31.0. The summed E-state index contributed by atoms with van der Waals surface area (Å²) in [7, 11) is 6.85. The first kappa shape index (κ1) is 28.3. The van der Waals surface area contributed by atoms with Crippen LogP contribution in [0.2, 0.25) is 0 Å². The number of benzene rings is 2. The summed E-state index contributed by atoms with van der Waals surface area (Å²) in [5.74, 6) is 0.225. The molecule has 1 aliphatic heterocycles. The van der Waals surface area contributed by atoms with Gasteiger partial charge in [-0.3, -0.25) is 4.79 Å². The van der Waals surface area contributed by atoms with Crippen LogP contribution in [0.25, 0.3) is 5.57 Å². The number of carbonyl (C=O) groups excluding carboxylic acids is 1. The van der Waals surface area contributed by atoms with Crippen LogP contribution in [0, 0.1) is 0 Å². The maximum absolute atomic E-state index is 11.4. The van der Waals surface area contributed by atoms with Crippen molar-refractivity contribution < 1.29 is 9.53 Å². The Morgan fingerprint density at radius 1 is 1.11 bits per heavy atom. The summed E-state index contributed by atoms with van der Waals surface area (Å²) in [5.41, 5.74) is 7.07. The van der Waals surface area contributed by atoms with Gasteiger partial charge in [-0.15, -0.1) is 9.24 Å². The third-order valence-corrected chi connectivity index (χ3v) is 7.38. The zero-order valence-corrected chi connectivity index (χ0v) is 23.4. The number of carbonyl (C=O) groups is 1. The fourth-order valence-corrected chi connectivity index (χ4v) is 5.45. The zero-order chi connectivity index (χ0) is 25.8. The molecule has 1 fully saturated rings. The molecule has 2 atom stereocenters. The minimum atomic E-state index is 0.225. The predicted octanol–water partition coefficient (Wildman–Crippen LogP) is 6.95. The first-order valence-electron chi connectivity index (χ1n) is 13.2. The van der Waals surface area contributed by atoms with Crippen molar-refractivity contribution >= 4 is 26.4 Å². The first-order valence-corrected chi connectivity index (χ1v) is 13.8. The third-order valence-electron chi connectivity index (χ3n) is 6.90. The molecule has 4 rings (SSSR count). The molecule has 2 aromatic rings. The van der Waals surface area contributed by atoms with E-state index in [9.17, 15) is 4.79 Å². The highest BCUT2D eigenvalue weighted by Crippen LogP contribution is 2.36. The Kier molecular flexibility index (Phi) is 11.8. The van der Waals surface area contributed by atoms with Crippen molar-refractivity contribution in [2.24, 2.45) is 0 Å². The minimum absolute atomic E-state index is 0.225. The number of likely N-dealkylation sites (tertiary alicyclic amines) is 1. The molecule has 1 aliphatic carbocycles. The monoisotopic (exact) mass is 503 g/mol. The Morgan fingerprint density at radius 3 is 2.58 bits per heavy atom. The number of methoxy groups -OCH3 is 1. The smallest absolute Gasteiger partial charge is 0.150 e. The van der Waals surface area contributed by atoms with E-state index in [0.29, 0.717) is 0 Å². The van der Waals surface area contributed by atoms with Crippen molar-refractivity contribution in [3.63, 3.8) is 0 Å². The van der Waals surface area contributed by atoms with Gasteiger partial charge >= 0.3 is 0 Å². The van der Waals surface area contributed by atoms with Gasteiger partial charge in [-0.05, 0) is 92.8 Å². The molecule has 0 amide bonds. The van der Waals surface area contributed by atoms with E-state index in [4.69, 9.17) is 4.74 Å². The van der Waals surface area contributed by atoms with Crippen LogP contribution >= 0.6 is 9.24 Å². The van der Waals surface area contributed by atoms with Gasteiger partial charge in [0.2, 0.25) is 0 Å². The van der Waals surface area contributed by atoms with E-state index in [1.807, 2.05) is 18.2 Å². The van der Waals surface area contributed by atoms with Gasteiger partial charge in [-0.25, -0.2) is 0 Å². The standard InChI is InChI=1S/C27H31O2P.C5H11N/c1-20-9-3-4-11-23(17-20)27-25(14-8-15-26(27)30)24(13-5-6-16-29-2)22-12-7-10-21(18-22)19-28;1-6-4-2-3-5-6/h3,7-12,14-15,17-19,24H,4-6,13,16,30H2,1-2H3;2-5H2,1H3. The maximum Gasteiger partial charge on any atom is 0.150 e. The van der Waals surface area contributed by atoms with E-state index < -0.39 is 0 Å². The summed E-state index contributed by atoms with van der Waals surface area (Å²) in [6, 6.07) is 14.6. The zero-order valence-electron chi connectivity index (χ0n) is 22.2. The number of rotatable bonds is 9. The van der Waals surface area contributed by atoms with E-state index in [1.54, 1.807) is 7.11 Å². The molecule has 0 bridgehead atoms. The number of nitrogens with zero attached hydrogens (tertiary/aromatic N) is 1. The van der Waals surface area contributed by atoms with Crippen LogP contribution in [0.15, 0.2) is 72.3 Å². The van der Waals surface area contributed by atoms with Crippen molar-refractivity contribution in [3.05, 3.63) is 94.6 Å². The highest BCUT2D eigenvalue weighted by molar-refractivity contribution is 7.27. The lowest BCUT2D eigenvalue weighted by molar-refractivity contribution is 0.112. The quantitative estimate of drug-likeness (QED) is 0.211. The molecule has 3 nitrogen and oxygen atoms in total. The highest BCUT2D eigenvalue weighted by Gasteiger charge is 2.21. The Hall–Kier alpha value is -2.32. The Morgan fingerprint density at radius 2 is 1.89 bits per heavy atom. The lowest BCUT2D eigenvalue weighted by atomic mass is 9.82. The number of ether oxygens (including phenoxy) is 1. The number of allylic oxidation sites excluding steroid dienone is 6. The van der Waals surface area contributed by atoms with E-state index in [0.717, 1.165) is 44.1 Å². The Bertz CT molecular complexity index is 1080. The lowest BCUT2D eigenvalue weighted by Gasteiger charge is -2.24. The second-order valence-electron chi connectivity index (χ2n) is 9.84. The molecule has 1 saturated heterocycles. The van der Waals surface area contributed by atoms with E-state index in [-0.39, 0.29) is 5.92 Å². The van der Waals surface area contributed by atoms with Gasteiger partial charge < -0.3 is 9.64 Å². The van der Waals surface area contributed by atoms with Crippen molar-refractivity contribution in [3.8, 4) is 0 Å². The molecule has 0 spiro atoms. The van der Waals surface area contributed by atoms with E-state index in [1.165, 1.54) is 59.1 Å².